The van der Waals surface area contributed by atoms with Crippen LogP contribution in [0.4, 0.5) is 11.5 Å². The Morgan fingerprint density at radius 3 is 2.89 bits per heavy atom. The molecule has 3 heterocycles. The molecule has 2 aliphatic heterocycles. The summed E-state index contributed by atoms with van der Waals surface area (Å²) in [5.74, 6) is 0.857. The van der Waals surface area contributed by atoms with Crippen LogP contribution in [0.25, 0.3) is 0 Å². The number of aromatic nitrogens is 1. The first-order valence-electron chi connectivity index (χ1n) is 6.83. The fourth-order valence-corrected chi connectivity index (χ4v) is 3.04. The molecule has 1 atom stereocenters. The quantitative estimate of drug-likeness (QED) is 0.599. The third kappa shape index (κ3) is 2.53. The van der Waals surface area contributed by atoms with Gasteiger partial charge in [0.25, 0.3) is 5.69 Å². The summed E-state index contributed by atoms with van der Waals surface area (Å²) in [7, 11) is 0. The number of piperazine rings is 1. The van der Waals surface area contributed by atoms with E-state index in [2.05, 4.69) is 14.8 Å². The maximum Gasteiger partial charge on any atom is 0.287 e. The lowest BCUT2D eigenvalue weighted by Gasteiger charge is -2.44. The van der Waals surface area contributed by atoms with Gasteiger partial charge in [0.15, 0.2) is 0 Å². The molecule has 1 aromatic heterocycles. The molecule has 0 aromatic carbocycles. The van der Waals surface area contributed by atoms with Gasteiger partial charge in [-0.3, -0.25) is 15.0 Å². The Balaban J connectivity index is 1.70. The van der Waals surface area contributed by atoms with Crippen molar-refractivity contribution >= 4 is 11.5 Å². The van der Waals surface area contributed by atoms with Crippen molar-refractivity contribution in [2.45, 2.75) is 25.3 Å². The number of pyridine rings is 1. The van der Waals surface area contributed by atoms with Gasteiger partial charge in [0, 0.05) is 31.7 Å². The minimum Gasteiger partial charge on any atom is -0.354 e. The average molecular weight is 262 g/mol. The van der Waals surface area contributed by atoms with Gasteiger partial charge in [0.05, 0.1) is 4.92 Å². The van der Waals surface area contributed by atoms with E-state index < -0.39 is 4.92 Å². The van der Waals surface area contributed by atoms with Crippen molar-refractivity contribution in [2.75, 3.05) is 31.1 Å². The van der Waals surface area contributed by atoms with Crippen molar-refractivity contribution in [2.24, 2.45) is 0 Å². The Kier molecular flexibility index (Phi) is 3.33. The van der Waals surface area contributed by atoms with Gasteiger partial charge in [-0.1, -0.05) is 6.42 Å². The second-order valence-corrected chi connectivity index (χ2v) is 5.26. The van der Waals surface area contributed by atoms with Gasteiger partial charge >= 0.3 is 0 Å². The van der Waals surface area contributed by atoms with Crippen LogP contribution in [0.3, 0.4) is 0 Å². The number of nitro groups is 1. The highest BCUT2D eigenvalue weighted by molar-refractivity contribution is 5.43. The predicted molar refractivity (Wildman–Crippen MR) is 72.3 cm³/mol. The number of piperidine rings is 1. The molecule has 0 spiro atoms. The van der Waals surface area contributed by atoms with Crippen LogP contribution in [0.5, 0.6) is 0 Å². The normalized spacial score (nSPS) is 24.0. The predicted octanol–water partition coefficient (Wildman–Crippen LogP) is 1.66. The Bertz CT molecular complexity index is 462. The molecule has 19 heavy (non-hydrogen) atoms. The smallest absolute Gasteiger partial charge is 0.287 e. The van der Waals surface area contributed by atoms with Crippen LogP contribution in [0.15, 0.2) is 18.3 Å². The van der Waals surface area contributed by atoms with Gasteiger partial charge in [-0.25, -0.2) is 4.98 Å². The molecule has 1 unspecified atom stereocenters. The lowest BCUT2D eigenvalue weighted by Crippen LogP contribution is -2.55. The van der Waals surface area contributed by atoms with E-state index in [1.165, 1.54) is 38.1 Å². The van der Waals surface area contributed by atoms with E-state index in [0.29, 0.717) is 6.04 Å². The van der Waals surface area contributed by atoms with Gasteiger partial charge < -0.3 is 4.90 Å². The maximum absolute atomic E-state index is 10.6. The summed E-state index contributed by atoms with van der Waals surface area (Å²) < 4.78 is 0. The van der Waals surface area contributed by atoms with Crippen molar-refractivity contribution in [1.29, 1.82) is 0 Å². The fourth-order valence-electron chi connectivity index (χ4n) is 3.04. The Morgan fingerprint density at radius 1 is 1.26 bits per heavy atom. The first kappa shape index (κ1) is 12.3. The average Bonchev–Trinajstić information content (AvgIpc) is 2.47. The zero-order valence-electron chi connectivity index (χ0n) is 10.9. The first-order valence-corrected chi connectivity index (χ1v) is 6.83. The minimum absolute atomic E-state index is 0.0556. The van der Waals surface area contributed by atoms with Gasteiger partial charge in [0.1, 0.15) is 12.0 Å². The molecule has 0 amide bonds. The molecule has 2 saturated heterocycles. The lowest BCUT2D eigenvalue weighted by atomic mass is 9.99. The third-order valence-electron chi connectivity index (χ3n) is 4.10. The van der Waals surface area contributed by atoms with E-state index in [-0.39, 0.29) is 5.69 Å². The number of rotatable bonds is 2. The van der Waals surface area contributed by atoms with Crippen molar-refractivity contribution in [3.63, 3.8) is 0 Å². The maximum atomic E-state index is 10.6. The van der Waals surface area contributed by atoms with Crippen LogP contribution < -0.4 is 4.90 Å². The summed E-state index contributed by atoms with van der Waals surface area (Å²) in [5.41, 5.74) is 0.0556. The van der Waals surface area contributed by atoms with Crippen LogP contribution in [-0.2, 0) is 0 Å². The molecule has 0 N–H and O–H groups in total. The van der Waals surface area contributed by atoms with E-state index in [9.17, 15) is 10.1 Å². The van der Waals surface area contributed by atoms with Gasteiger partial charge in [0.2, 0.25) is 0 Å². The van der Waals surface area contributed by atoms with E-state index in [0.717, 1.165) is 25.5 Å². The number of hydrogen-bond donors (Lipinski definition) is 0. The van der Waals surface area contributed by atoms with E-state index in [4.69, 9.17) is 0 Å². The van der Waals surface area contributed by atoms with Crippen LogP contribution >= 0.6 is 0 Å². The molecule has 3 rings (SSSR count). The van der Waals surface area contributed by atoms with E-state index in [1.807, 2.05) is 0 Å². The van der Waals surface area contributed by atoms with Crippen LogP contribution in [0.1, 0.15) is 19.3 Å². The largest absolute Gasteiger partial charge is 0.354 e. The summed E-state index contributed by atoms with van der Waals surface area (Å²) >= 11 is 0. The monoisotopic (exact) mass is 262 g/mol. The van der Waals surface area contributed by atoms with E-state index >= 15 is 0 Å². The molecular weight excluding hydrogens is 244 g/mol. The highest BCUT2D eigenvalue weighted by Gasteiger charge is 2.29. The summed E-state index contributed by atoms with van der Waals surface area (Å²) in [6.45, 7) is 4.24. The number of nitrogens with zero attached hydrogens (tertiary/aromatic N) is 4. The summed E-state index contributed by atoms with van der Waals surface area (Å²) in [6, 6.07) is 3.92. The second-order valence-electron chi connectivity index (χ2n) is 5.26. The van der Waals surface area contributed by atoms with Crippen LogP contribution in [-0.4, -0.2) is 47.0 Å². The molecule has 2 fully saturated rings. The first-order chi connectivity index (χ1) is 9.24. The van der Waals surface area contributed by atoms with Crippen molar-refractivity contribution < 1.29 is 4.92 Å². The second kappa shape index (κ2) is 5.13. The highest BCUT2D eigenvalue weighted by Crippen LogP contribution is 2.24. The van der Waals surface area contributed by atoms with Crippen LogP contribution in [0, 0.1) is 10.1 Å². The van der Waals surface area contributed by atoms with Gasteiger partial charge in [-0.15, -0.1) is 0 Å². The molecule has 102 valence electrons. The fraction of sp³-hybridized carbons (Fsp3) is 0.615. The van der Waals surface area contributed by atoms with Gasteiger partial charge in [-0.05, 0) is 25.5 Å². The van der Waals surface area contributed by atoms with Crippen molar-refractivity contribution in [3.8, 4) is 0 Å². The number of hydrogen-bond acceptors (Lipinski definition) is 5. The SMILES string of the molecule is O=[N+]([O-])c1ccc(N2CCN3CCCCC3C2)nc1. The molecule has 0 radical (unpaired) electrons. The zero-order chi connectivity index (χ0) is 13.2. The molecule has 6 nitrogen and oxygen atoms in total. The van der Waals surface area contributed by atoms with Crippen molar-refractivity contribution in [3.05, 3.63) is 28.4 Å². The number of fused-ring (bicyclic) bond motifs is 1. The molecule has 0 bridgehead atoms. The van der Waals surface area contributed by atoms with E-state index in [1.54, 1.807) is 6.07 Å². The van der Waals surface area contributed by atoms with Crippen LogP contribution in [0.2, 0.25) is 0 Å². The molecule has 1 aromatic rings. The Morgan fingerprint density at radius 2 is 2.16 bits per heavy atom. The highest BCUT2D eigenvalue weighted by atomic mass is 16.6. The summed E-state index contributed by atoms with van der Waals surface area (Å²) in [5, 5.41) is 10.6. The lowest BCUT2D eigenvalue weighted by molar-refractivity contribution is -0.385. The molecule has 2 aliphatic rings. The van der Waals surface area contributed by atoms with Gasteiger partial charge in [-0.2, -0.15) is 0 Å². The Labute approximate surface area is 112 Å². The molecular formula is C13H18N4O2. The zero-order valence-corrected chi connectivity index (χ0v) is 10.9. The molecule has 6 heteroatoms. The van der Waals surface area contributed by atoms with Crippen molar-refractivity contribution in [1.82, 2.24) is 9.88 Å². The summed E-state index contributed by atoms with van der Waals surface area (Å²) in [6.07, 6.45) is 5.22. The molecule has 0 aliphatic carbocycles. The minimum atomic E-state index is -0.407. The standard InChI is InChI=1S/C13H18N4O2/c18-17(19)11-4-5-13(14-9-11)16-8-7-15-6-2-1-3-12(15)10-16/h4-5,9,12H,1-3,6-8,10H2. The topological polar surface area (TPSA) is 62.5 Å². The Hall–Kier alpha value is -1.69. The summed E-state index contributed by atoms with van der Waals surface area (Å²) in [4.78, 5) is 19.2. The number of anilines is 1. The third-order valence-corrected chi connectivity index (χ3v) is 4.10. The molecule has 0 saturated carbocycles.